The number of benzene rings is 2. The number of rotatable bonds is 4. The molecular weight excluding hydrogens is 293 g/mol. The third-order valence-electron chi connectivity index (χ3n) is 3.07. The number of sulfonamides is 1. The molecule has 4 N–H and O–H groups in total. The maximum absolute atomic E-state index is 13.7. The Bertz CT molecular complexity index is 763. The van der Waals surface area contributed by atoms with Crippen LogP contribution in [0.2, 0.25) is 0 Å². The van der Waals surface area contributed by atoms with Crippen molar-refractivity contribution in [3.05, 3.63) is 53.8 Å². The molecular formula is C14H16FN3O2S. The van der Waals surface area contributed by atoms with Gasteiger partial charge in [0.05, 0.1) is 5.69 Å². The van der Waals surface area contributed by atoms with Crippen molar-refractivity contribution in [3.63, 3.8) is 0 Å². The van der Waals surface area contributed by atoms with Gasteiger partial charge in [-0.05, 0) is 24.3 Å². The molecule has 0 aliphatic heterocycles. The molecule has 0 saturated heterocycles. The third-order valence-corrected chi connectivity index (χ3v) is 4.01. The number of nitrogen functional groups attached to an aromatic ring is 1. The molecule has 5 nitrogen and oxygen atoms in total. The fourth-order valence-electron chi connectivity index (χ4n) is 2.04. The maximum atomic E-state index is 13.7. The SMILES string of the molecule is CN(Cc1ccccc1F)c1ccc(N)cc1S(N)(=O)=O. The van der Waals surface area contributed by atoms with Crippen molar-refractivity contribution in [2.75, 3.05) is 17.7 Å². The maximum Gasteiger partial charge on any atom is 0.240 e. The van der Waals surface area contributed by atoms with Crippen molar-refractivity contribution in [2.45, 2.75) is 11.4 Å². The summed E-state index contributed by atoms with van der Waals surface area (Å²) in [6.07, 6.45) is 0. The van der Waals surface area contributed by atoms with Crippen molar-refractivity contribution in [3.8, 4) is 0 Å². The Labute approximate surface area is 123 Å². The summed E-state index contributed by atoms with van der Waals surface area (Å²) in [6, 6.07) is 10.7. The van der Waals surface area contributed by atoms with E-state index in [0.717, 1.165) is 0 Å². The average molecular weight is 309 g/mol. The van der Waals surface area contributed by atoms with Gasteiger partial charge in [0.2, 0.25) is 10.0 Å². The summed E-state index contributed by atoms with van der Waals surface area (Å²) in [7, 11) is -2.26. The van der Waals surface area contributed by atoms with Crippen LogP contribution in [0.1, 0.15) is 5.56 Å². The summed E-state index contributed by atoms with van der Waals surface area (Å²) >= 11 is 0. The second-order valence-corrected chi connectivity index (χ2v) is 6.25. The molecule has 0 bridgehead atoms. The summed E-state index contributed by atoms with van der Waals surface area (Å²) < 4.78 is 37.0. The lowest BCUT2D eigenvalue weighted by Crippen LogP contribution is -2.22. The van der Waals surface area contributed by atoms with Gasteiger partial charge in [0.15, 0.2) is 0 Å². The summed E-state index contributed by atoms with van der Waals surface area (Å²) in [5, 5.41) is 5.20. The number of primary sulfonamides is 1. The highest BCUT2D eigenvalue weighted by Gasteiger charge is 2.18. The van der Waals surface area contributed by atoms with Crippen molar-refractivity contribution in [1.29, 1.82) is 0 Å². The highest BCUT2D eigenvalue weighted by Crippen LogP contribution is 2.27. The Hall–Kier alpha value is -2.12. The van der Waals surface area contributed by atoms with E-state index in [1.54, 1.807) is 42.3 Å². The lowest BCUT2D eigenvalue weighted by Gasteiger charge is -2.22. The number of halogens is 1. The third kappa shape index (κ3) is 3.50. The minimum absolute atomic E-state index is 0.0821. The molecule has 0 saturated carbocycles. The first-order valence-electron chi connectivity index (χ1n) is 6.16. The largest absolute Gasteiger partial charge is 0.399 e. The van der Waals surface area contributed by atoms with E-state index < -0.39 is 10.0 Å². The van der Waals surface area contributed by atoms with Crippen molar-refractivity contribution in [2.24, 2.45) is 5.14 Å². The van der Waals surface area contributed by atoms with Gasteiger partial charge in [-0.2, -0.15) is 0 Å². The van der Waals surface area contributed by atoms with Gasteiger partial charge in [0, 0.05) is 24.8 Å². The van der Waals surface area contributed by atoms with E-state index in [1.165, 1.54) is 12.1 Å². The number of nitrogens with two attached hydrogens (primary N) is 2. The van der Waals surface area contributed by atoms with E-state index in [4.69, 9.17) is 10.9 Å². The molecule has 0 spiro atoms. The van der Waals surface area contributed by atoms with Gasteiger partial charge in [-0.25, -0.2) is 17.9 Å². The van der Waals surface area contributed by atoms with E-state index in [9.17, 15) is 12.8 Å². The van der Waals surface area contributed by atoms with Gasteiger partial charge in [0.1, 0.15) is 10.7 Å². The molecule has 7 heteroatoms. The summed E-state index contributed by atoms with van der Waals surface area (Å²) in [4.78, 5) is 1.53. The Kier molecular flexibility index (Phi) is 4.15. The summed E-state index contributed by atoms with van der Waals surface area (Å²) in [5.41, 5.74) is 6.72. The Morgan fingerprint density at radius 2 is 1.86 bits per heavy atom. The monoisotopic (exact) mass is 309 g/mol. The quantitative estimate of drug-likeness (QED) is 0.841. The van der Waals surface area contributed by atoms with Gasteiger partial charge in [-0.15, -0.1) is 0 Å². The van der Waals surface area contributed by atoms with Crippen molar-refractivity contribution < 1.29 is 12.8 Å². The predicted octanol–water partition coefficient (Wildman–Crippen LogP) is 1.69. The molecule has 0 aromatic heterocycles. The minimum Gasteiger partial charge on any atom is -0.399 e. The highest BCUT2D eigenvalue weighted by molar-refractivity contribution is 7.89. The van der Waals surface area contributed by atoms with Crippen molar-refractivity contribution >= 4 is 21.4 Å². The number of anilines is 2. The van der Waals surface area contributed by atoms with Gasteiger partial charge in [0.25, 0.3) is 0 Å². The molecule has 0 heterocycles. The van der Waals surface area contributed by atoms with E-state index in [2.05, 4.69) is 0 Å². The predicted molar refractivity (Wildman–Crippen MR) is 80.7 cm³/mol. The molecule has 2 aromatic rings. The zero-order valence-electron chi connectivity index (χ0n) is 11.5. The van der Waals surface area contributed by atoms with Gasteiger partial charge in [-0.1, -0.05) is 18.2 Å². The molecule has 0 atom stereocenters. The summed E-state index contributed by atoms with van der Waals surface area (Å²) in [5.74, 6) is -0.350. The Morgan fingerprint density at radius 3 is 2.48 bits per heavy atom. The van der Waals surface area contributed by atoms with Crippen LogP contribution in [0.3, 0.4) is 0 Å². The number of nitrogens with zero attached hydrogens (tertiary/aromatic N) is 1. The Balaban J connectivity index is 2.40. The average Bonchev–Trinajstić information content (AvgIpc) is 2.40. The zero-order chi connectivity index (χ0) is 15.6. The standard InChI is InChI=1S/C14H16FN3O2S/c1-18(9-10-4-2-3-5-12(10)15)13-7-6-11(16)8-14(13)21(17,19)20/h2-8H,9,16H2,1H3,(H2,17,19,20). The molecule has 0 amide bonds. The molecule has 0 aliphatic rings. The first-order chi connectivity index (χ1) is 9.79. The van der Waals surface area contributed by atoms with Crippen LogP contribution in [0.15, 0.2) is 47.4 Å². The van der Waals surface area contributed by atoms with E-state index in [-0.39, 0.29) is 17.3 Å². The smallest absolute Gasteiger partial charge is 0.240 e. The molecule has 0 aliphatic carbocycles. The second kappa shape index (κ2) is 5.71. The molecule has 0 radical (unpaired) electrons. The minimum atomic E-state index is -3.92. The van der Waals surface area contributed by atoms with Crippen molar-refractivity contribution in [1.82, 2.24) is 0 Å². The first-order valence-corrected chi connectivity index (χ1v) is 7.70. The molecule has 2 rings (SSSR count). The fourth-order valence-corrected chi connectivity index (χ4v) is 2.86. The normalized spacial score (nSPS) is 11.4. The molecule has 0 fully saturated rings. The van der Waals surface area contributed by atoms with Gasteiger partial charge >= 0.3 is 0 Å². The van der Waals surface area contributed by atoms with Crippen LogP contribution in [0, 0.1) is 5.82 Å². The topological polar surface area (TPSA) is 89.4 Å². The van der Waals surface area contributed by atoms with Gasteiger partial charge in [-0.3, -0.25) is 0 Å². The van der Waals surface area contributed by atoms with Crippen LogP contribution in [-0.2, 0) is 16.6 Å². The van der Waals surface area contributed by atoms with E-state index >= 15 is 0 Å². The fraction of sp³-hybridized carbons (Fsp3) is 0.143. The molecule has 21 heavy (non-hydrogen) atoms. The lowest BCUT2D eigenvalue weighted by molar-refractivity contribution is 0.597. The van der Waals surface area contributed by atoms with Crippen LogP contribution in [0.25, 0.3) is 0 Å². The van der Waals surface area contributed by atoms with E-state index in [1.807, 2.05) is 0 Å². The highest BCUT2D eigenvalue weighted by atomic mass is 32.2. The Morgan fingerprint density at radius 1 is 1.19 bits per heavy atom. The van der Waals surface area contributed by atoms with Crippen LogP contribution >= 0.6 is 0 Å². The zero-order valence-corrected chi connectivity index (χ0v) is 12.3. The summed E-state index contributed by atoms with van der Waals surface area (Å²) in [6.45, 7) is 0.207. The van der Waals surface area contributed by atoms with Crippen LogP contribution < -0.4 is 15.8 Å². The van der Waals surface area contributed by atoms with Crippen LogP contribution in [0.5, 0.6) is 0 Å². The first kappa shape index (κ1) is 15.3. The van der Waals surface area contributed by atoms with Gasteiger partial charge < -0.3 is 10.6 Å². The molecule has 0 unspecified atom stereocenters. The second-order valence-electron chi connectivity index (χ2n) is 4.72. The molecule has 2 aromatic carbocycles. The number of hydrogen-bond acceptors (Lipinski definition) is 4. The number of hydrogen-bond donors (Lipinski definition) is 2. The van der Waals surface area contributed by atoms with Crippen LogP contribution in [-0.4, -0.2) is 15.5 Å². The molecule has 112 valence electrons. The van der Waals surface area contributed by atoms with Crippen LogP contribution in [0.4, 0.5) is 15.8 Å². The lowest BCUT2D eigenvalue weighted by atomic mass is 10.2. The van der Waals surface area contributed by atoms with E-state index in [0.29, 0.717) is 16.9 Å².